The zero-order chi connectivity index (χ0) is 9.80. The number of hydrogen-bond donors (Lipinski definition) is 1. The molecule has 1 unspecified atom stereocenters. The summed E-state index contributed by atoms with van der Waals surface area (Å²) in [4.78, 5) is 0. The maximum Gasteiger partial charge on any atom is 0.145 e. The Labute approximate surface area is 84.0 Å². The molecule has 1 aliphatic rings. The van der Waals surface area contributed by atoms with Crippen molar-refractivity contribution in [2.24, 2.45) is 0 Å². The maximum atomic E-state index is 5.14. The molecule has 0 saturated heterocycles. The molecule has 1 aromatic rings. The van der Waals surface area contributed by atoms with Gasteiger partial charge in [-0.25, -0.2) is 5.43 Å². The molecule has 1 atom stereocenters. The first-order valence-corrected chi connectivity index (χ1v) is 4.66. The van der Waals surface area contributed by atoms with Gasteiger partial charge in [0.25, 0.3) is 0 Å². The van der Waals surface area contributed by atoms with Crippen LogP contribution in [0.25, 0.3) is 0 Å². The Balaban J connectivity index is 1.92. The second-order valence-electron chi connectivity index (χ2n) is 3.24. The molecule has 0 amide bonds. The van der Waals surface area contributed by atoms with E-state index in [-0.39, 0.29) is 6.23 Å². The van der Waals surface area contributed by atoms with E-state index in [1.807, 2.05) is 35.5 Å². The molecule has 3 nitrogen and oxygen atoms in total. The molecular weight excluding hydrogens is 176 g/mol. The maximum absolute atomic E-state index is 5.14. The van der Waals surface area contributed by atoms with Crippen LogP contribution in [-0.4, -0.2) is 18.3 Å². The minimum Gasteiger partial charge on any atom is -0.361 e. The molecule has 1 N–H and O–H groups in total. The first kappa shape index (κ1) is 9.24. The van der Waals surface area contributed by atoms with E-state index >= 15 is 0 Å². The SMILES string of the molecule is COC1C=CN(Cc2ccccc2)N1. The van der Waals surface area contributed by atoms with Gasteiger partial charge in [0.05, 0.1) is 6.54 Å². The van der Waals surface area contributed by atoms with Crippen molar-refractivity contribution in [3.05, 3.63) is 48.2 Å². The standard InChI is InChI=1S/C11H14N2O/c1-14-11-7-8-13(12-11)9-10-5-3-2-4-6-10/h2-8,11-12H,9H2,1H3. The predicted molar refractivity (Wildman–Crippen MR) is 55.1 cm³/mol. The van der Waals surface area contributed by atoms with Crippen molar-refractivity contribution in [3.8, 4) is 0 Å². The van der Waals surface area contributed by atoms with Crippen LogP contribution in [0.1, 0.15) is 5.56 Å². The van der Waals surface area contributed by atoms with Gasteiger partial charge in [0, 0.05) is 13.3 Å². The van der Waals surface area contributed by atoms with E-state index in [1.165, 1.54) is 5.56 Å². The molecular formula is C11H14N2O. The van der Waals surface area contributed by atoms with Crippen molar-refractivity contribution in [3.63, 3.8) is 0 Å². The average Bonchev–Trinajstić information content (AvgIpc) is 2.67. The zero-order valence-electron chi connectivity index (χ0n) is 8.18. The lowest BCUT2D eigenvalue weighted by Gasteiger charge is -2.18. The van der Waals surface area contributed by atoms with Crippen LogP contribution in [0.2, 0.25) is 0 Å². The van der Waals surface area contributed by atoms with Crippen molar-refractivity contribution >= 4 is 0 Å². The zero-order valence-corrected chi connectivity index (χ0v) is 8.18. The molecule has 0 fully saturated rings. The van der Waals surface area contributed by atoms with E-state index in [9.17, 15) is 0 Å². The van der Waals surface area contributed by atoms with Gasteiger partial charge < -0.3 is 9.75 Å². The Morgan fingerprint density at radius 2 is 2.14 bits per heavy atom. The van der Waals surface area contributed by atoms with E-state index in [0.717, 1.165) is 6.54 Å². The fraction of sp³-hybridized carbons (Fsp3) is 0.273. The van der Waals surface area contributed by atoms with Crippen LogP contribution in [0.3, 0.4) is 0 Å². The van der Waals surface area contributed by atoms with Crippen LogP contribution in [0.4, 0.5) is 0 Å². The number of nitrogens with one attached hydrogen (secondary N) is 1. The van der Waals surface area contributed by atoms with Crippen LogP contribution in [0, 0.1) is 0 Å². The minimum absolute atomic E-state index is 0.0127. The minimum atomic E-state index is 0.0127. The predicted octanol–water partition coefficient (Wildman–Crippen LogP) is 1.49. The monoisotopic (exact) mass is 190 g/mol. The Kier molecular flexibility index (Phi) is 2.81. The van der Waals surface area contributed by atoms with Gasteiger partial charge in [0.15, 0.2) is 0 Å². The van der Waals surface area contributed by atoms with Gasteiger partial charge in [-0.2, -0.15) is 0 Å². The number of rotatable bonds is 3. The third-order valence-corrected chi connectivity index (χ3v) is 2.18. The quantitative estimate of drug-likeness (QED) is 0.781. The van der Waals surface area contributed by atoms with Crippen LogP contribution in [-0.2, 0) is 11.3 Å². The summed E-state index contributed by atoms with van der Waals surface area (Å²) in [7, 11) is 1.69. The largest absolute Gasteiger partial charge is 0.361 e. The first-order valence-electron chi connectivity index (χ1n) is 4.66. The first-order chi connectivity index (χ1) is 6.88. The van der Waals surface area contributed by atoms with Crippen LogP contribution >= 0.6 is 0 Å². The van der Waals surface area contributed by atoms with E-state index in [2.05, 4.69) is 17.6 Å². The average molecular weight is 190 g/mol. The molecule has 74 valence electrons. The molecule has 3 heteroatoms. The van der Waals surface area contributed by atoms with Gasteiger partial charge in [-0.3, -0.25) is 0 Å². The second-order valence-corrected chi connectivity index (χ2v) is 3.24. The van der Waals surface area contributed by atoms with Crippen molar-refractivity contribution < 1.29 is 4.74 Å². The summed E-state index contributed by atoms with van der Waals surface area (Å²) in [6.45, 7) is 0.858. The number of methoxy groups -OCH3 is 1. The van der Waals surface area contributed by atoms with Crippen molar-refractivity contribution in [1.29, 1.82) is 0 Å². The van der Waals surface area contributed by atoms with Crippen molar-refractivity contribution in [2.45, 2.75) is 12.8 Å². The lowest BCUT2D eigenvalue weighted by atomic mass is 10.2. The third kappa shape index (κ3) is 2.13. The molecule has 14 heavy (non-hydrogen) atoms. The summed E-state index contributed by atoms with van der Waals surface area (Å²) in [5.74, 6) is 0. The summed E-state index contributed by atoms with van der Waals surface area (Å²) in [6.07, 6.45) is 4.00. The molecule has 0 radical (unpaired) electrons. The Morgan fingerprint density at radius 3 is 2.79 bits per heavy atom. The van der Waals surface area contributed by atoms with Gasteiger partial charge in [-0.1, -0.05) is 30.3 Å². The summed E-state index contributed by atoms with van der Waals surface area (Å²) in [6, 6.07) is 10.3. The van der Waals surface area contributed by atoms with Gasteiger partial charge in [0.1, 0.15) is 6.23 Å². The number of hydrazine groups is 1. The van der Waals surface area contributed by atoms with E-state index in [1.54, 1.807) is 7.11 Å². The molecule has 0 bridgehead atoms. The normalized spacial score (nSPS) is 20.4. The highest BCUT2D eigenvalue weighted by molar-refractivity contribution is 5.15. The number of nitrogens with zero attached hydrogens (tertiary/aromatic N) is 1. The third-order valence-electron chi connectivity index (χ3n) is 2.18. The fourth-order valence-electron chi connectivity index (χ4n) is 1.44. The molecule has 1 heterocycles. The van der Waals surface area contributed by atoms with Crippen LogP contribution in [0.5, 0.6) is 0 Å². The molecule has 2 rings (SSSR count). The van der Waals surface area contributed by atoms with E-state index in [0.29, 0.717) is 0 Å². The summed E-state index contributed by atoms with van der Waals surface area (Å²) in [5.41, 5.74) is 4.47. The second kappa shape index (κ2) is 4.26. The summed E-state index contributed by atoms with van der Waals surface area (Å²) >= 11 is 0. The highest BCUT2D eigenvalue weighted by atomic mass is 16.5. The summed E-state index contributed by atoms with van der Waals surface area (Å²) in [5, 5.41) is 2.02. The molecule has 0 spiro atoms. The Bertz CT molecular complexity index is 310. The topological polar surface area (TPSA) is 24.5 Å². The number of hydrogen-bond acceptors (Lipinski definition) is 3. The van der Waals surface area contributed by atoms with Crippen molar-refractivity contribution in [1.82, 2.24) is 10.4 Å². The van der Waals surface area contributed by atoms with Gasteiger partial charge >= 0.3 is 0 Å². The molecule has 1 aliphatic heterocycles. The molecule has 0 aliphatic carbocycles. The molecule has 0 aromatic heterocycles. The summed E-state index contributed by atoms with van der Waals surface area (Å²) < 4.78 is 5.14. The molecule has 1 aromatic carbocycles. The van der Waals surface area contributed by atoms with Gasteiger partial charge in [-0.05, 0) is 11.6 Å². The van der Waals surface area contributed by atoms with Gasteiger partial charge in [0.2, 0.25) is 0 Å². The van der Waals surface area contributed by atoms with Crippen LogP contribution < -0.4 is 5.43 Å². The van der Waals surface area contributed by atoms with Crippen molar-refractivity contribution in [2.75, 3.05) is 7.11 Å². The lowest BCUT2D eigenvalue weighted by Crippen LogP contribution is -2.35. The Morgan fingerprint density at radius 1 is 1.36 bits per heavy atom. The highest BCUT2D eigenvalue weighted by Gasteiger charge is 2.13. The highest BCUT2D eigenvalue weighted by Crippen LogP contribution is 2.08. The van der Waals surface area contributed by atoms with Crippen LogP contribution in [0.15, 0.2) is 42.6 Å². The fourth-order valence-corrected chi connectivity index (χ4v) is 1.44. The number of benzene rings is 1. The van der Waals surface area contributed by atoms with Gasteiger partial charge in [-0.15, -0.1) is 0 Å². The van der Waals surface area contributed by atoms with E-state index < -0.39 is 0 Å². The smallest absolute Gasteiger partial charge is 0.145 e. The van der Waals surface area contributed by atoms with E-state index in [4.69, 9.17) is 4.74 Å². The molecule has 0 saturated carbocycles. The number of ether oxygens (including phenoxy) is 1. The Hall–Kier alpha value is -1.32. The lowest BCUT2D eigenvalue weighted by molar-refractivity contribution is 0.0692.